The normalized spacial score (nSPS) is 14.2. The van der Waals surface area contributed by atoms with Crippen molar-refractivity contribution in [1.29, 1.82) is 0 Å². The SMILES string of the molecule is CCCCn1c(-c2ccccc2)nc(-c2ccccc2)c1CN(Cc1ccc(O)c(CO)c1)CC1CCCCC1. The number of phenols is 1. The molecule has 1 fully saturated rings. The number of rotatable bonds is 12. The Balaban J connectivity index is 1.57. The van der Waals surface area contributed by atoms with Gasteiger partial charge in [0.05, 0.1) is 18.0 Å². The van der Waals surface area contributed by atoms with Crippen LogP contribution in [-0.2, 0) is 26.2 Å². The fourth-order valence-corrected chi connectivity index (χ4v) is 6.09. The lowest BCUT2D eigenvalue weighted by atomic mass is 9.88. The van der Waals surface area contributed by atoms with E-state index in [1.165, 1.54) is 37.8 Å². The van der Waals surface area contributed by atoms with Gasteiger partial charge in [0.2, 0.25) is 0 Å². The van der Waals surface area contributed by atoms with Crippen LogP contribution < -0.4 is 0 Å². The summed E-state index contributed by atoms with van der Waals surface area (Å²) < 4.78 is 2.46. The van der Waals surface area contributed by atoms with Gasteiger partial charge in [-0.1, -0.05) is 99.3 Å². The molecule has 2 N–H and O–H groups in total. The van der Waals surface area contributed by atoms with Gasteiger partial charge in [0.1, 0.15) is 11.6 Å². The van der Waals surface area contributed by atoms with Gasteiger partial charge in [0.25, 0.3) is 0 Å². The third-order valence-corrected chi connectivity index (χ3v) is 8.22. The third-order valence-electron chi connectivity index (χ3n) is 8.22. The van der Waals surface area contributed by atoms with Crippen LogP contribution in [0.2, 0.25) is 0 Å². The number of imidazole rings is 1. The van der Waals surface area contributed by atoms with E-state index in [-0.39, 0.29) is 12.4 Å². The number of aliphatic hydroxyl groups excluding tert-OH is 1. The molecule has 1 aromatic heterocycles. The average molecular weight is 538 g/mol. The van der Waals surface area contributed by atoms with E-state index < -0.39 is 0 Å². The van der Waals surface area contributed by atoms with Crippen LogP contribution in [0, 0.1) is 5.92 Å². The maximum atomic E-state index is 10.2. The summed E-state index contributed by atoms with van der Waals surface area (Å²) in [5.74, 6) is 1.87. The summed E-state index contributed by atoms with van der Waals surface area (Å²) in [5.41, 5.74) is 6.31. The second-order valence-electron chi connectivity index (χ2n) is 11.3. The smallest absolute Gasteiger partial charge is 0.140 e. The van der Waals surface area contributed by atoms with Gasteiger partial charge in [-0.3, -0.25) is 4.90 Å². The average Bonchev–Trinajstić information content (AvgIpc) is 3.36. The van der Waals surface area contributed by atoms with Crippen molar-refractivity contribution >= 4 is 0 Å². The number of aliphatic hydroxyl groups is 1. The van der Waals surface area contributed by atoms with Gasteiger partial charge < -0.3 is 14.8 Å². The molecule has 3 aromatic carbocycles. The van der Waals surface area contributed by atoms with Crippen molar-refractivity contribution in [3.63, 3.8) is 0 Å². The number of aromatic nitrogens is 2. The van der Waals surface area contributed by atoms with E-state index in [9.17, 15) is 10.2 Å². The second-order valence-corrected chi connectivity index (χ2v) is 11.3. The lowest BCUT2D eigenvalue weighted by molar-refractivity contribution is 0.183. The Kier molecular flexibility index (Phi) is 9.69. The van der Waals surface area contributed by atoms with Gasteiger partial charge in [-0.25, -0.2) is 4.98 Å². The zero-order valence-electron chi connectivity index (χ0n) is 23.8. The summed E-state index contributed by atoms with van der Waals surface area (Å²) in [5, 5.41) is 20.0. The van der Waals surface area contributed by atoms with Gasteiger partial charge >= 0.3 is 0 Å². The molecule has 0 saturated heterocycles. The van der Waals surface area contributed by atoms with Crippen LogP contribution in [0.4, 0.5) is 0 Å². The Bertz CT molecular complexity index is 1340. The lowest BCUT2D eigenvalue weighted by Gasteiger charge is -2.30. The number of benzene rings is 3. The summed E-state index contributed by atoms with van der Waals surface area (Å²) in [6.07, 6.45) is 8.75. The highest BCUT2D eigenvalue weighted by Crippen LogP contribution is 2.33. The van der Waals surface area contributed by atoms with Crippen LogP contribution in [0.15, 0.2) is 78.9 Å². The van der Waals surface area contributed by atoms with Crippen LogP contribution in [0.3, 0.4) is 0 Å². The minimum Gasteiger partial charge on any atom is -0.508 e. The quantitative estimate of drug-likeness (QED) is 0.194. The molecule has 0 atom stereocenters. The molecule has 5 nitrogen and oxygen atoms in total. The molecule has 0 aliphatic heterocycles. The van der Waals surface area contributed by atoms with Crippen molar-refractivity contribution in [3.05, 3.63) is 95.7 Å². The highest BCUT2D eigenvalue weighted by molar-refractivity contribution is 5.68. The molecule has 210 valence electrons. The number of unbranched alkanes of at least 4 members (excludes halogenated alkanes) is 1. The van der Waals surface area contributed by atoms with E-state index in [1.807, 2.05) is 12.1 Å². The molecule has 5 rings (SSSR count). The molecule has 40 heavy (non-hydrogen) atoms. The Morgan fingerprint density at radius 3 is 2.25 bits per heavy atom. The number of hydrogen-bond donors (Lipinski definition) is 2. The van der Waals surface area contributed by atoms with Crippen molar-refractivity contribution in [2.24, 2.45) is 5.92 Å². The molecule has 1 saturated carbocycles. The Morgan fingerprint density at radius 1 is 0.875 bits per heavy atom. The summed E-state index contributed by atoms with van der Waals surface area (Å²) in [6, 6.07) is 26.8. The summed E-state index contributed by atoms with van der Waals surface area (Å²) in [6.45, 7) is 5.60. The number of hydrogen-bond acceptors (Lipinski definition) is 4. The Hall–Kier alpha value is -3.41. The van der Waals surface area contributed by atoms with Crippen LogP contribution in [-0.4, -0.2) is 31.2 Å². The summed E-state index contributed by atoms with van der Waals surface area (Å²) in [7, 11) is 0. The van der Waals surface area contributed by atoms with E-state index >= 15 is 0 Å². The van der Waals surface area contributed by atoms with E-state index in [2.05, 4.69) is 77.1 Å². The molecule has 4 aromatic rings. The highest BCUT2D eigenvalue weighted by atomic mass is 16.3. The van der Waals surface area contributed by atoms with Crippen LogP contribution in [0.5, 0.6) is 5.75 Å². The predicted molar refractivity (Wildman–Crippen MR) is 163 cm³/mol. The summed E-state index contributed by atoms with van der Waals surface area (Å²) in [4.78, 5) is 7.89. The minimum absolute atomic E-state index is 0.154. The topological polar surface area (TPSA) is 61.5 Å². The first-order valence-corrected chi connectivity index (χ1v) is 15.0. The molecular weight excluding hydrogens is 494 g/mol. The molecule has 0 spiro atoms. The molecule has 0 bridgehead atoms. The largest absolute Gasteiger partial charge is 0.508 e. The highest BCUT2D eigenvalue weighted by Gasteiger charge is 2.24. The summed E-state index contributed by atoms with van der Waals surface area (Å²) >= 11 is 0. The maximum absolute atomic E-state index is 10.2. The van der Waals surface area contributed by atoms with Gasteiger partial charge in [-0.05, 0) is 42.9 Å². The van der Waals surface area contributed by atoms with Gasteiger partial charge in [0, 0.05) is 42.9 Å². The van der Waals surface area contributed by atoms with Crippen molar-refractivity contribution in [2.75, 3.05) is 6.54 Å². The first-order valence-electron chi connectivity index (χ1n) is 15.0. The van der Waals surface area contributed by atoms with Gasteiger partial charge in [0.15, 0.2) is 0 Å². The fraction of sp³-hybridized carbons (Fsp3) is 0.400. The van der Waals surface area contributed by atoms with Crippen LogP contribution >= 0.6 is 0 Å². The van der Waals surface area contributed by atoms with Gasteiger partial charge in [-0.2, -0.15) is 0 Å². The van der Waals surface area contributed by atoms with Crippen LogP contribution in [0.1, 0.15) is 68.7 Å². The monoisotopic (exact) mass is 537 g/mol. The van der Waals surface area contributed by atoms with Crippen LogP contribution in [0.25, 0.3) is 22.6 Å². The molecular formula is C35H43N3O2. The second kappa shape index (κ2) is 13.8. The Labute approximate surface area is 239 Å². The molecule has 0 radical (unpaired) electrons. The Morgan fingerprint density at radius 2 is 1.57 bits per heavy atom. The number of aromatic hydroxyl groups is 1. The zero-order valence-corrected chi connectivity index (χ0v) is 23.8. The number of nitrogens with zero attached hydrogens (tertiary/aromatic N) is 3. The first-order chi connectivity index (χ1) is 19.7. The molecule has 1 aliphatic carbocycles. The van der Waals surface area contributed by atoms with Crippen molar-refractivity contribution in [2.45, 2.75) is 78.1 Å². The minimum atomic E-state index is -0.162. The molecule has 0 amide bonds. The van der Waals surface area contributed by atoms with E-state index in [1.54, 1.807) is 6.07 Å². The first kappa shape index (κ1) is 28.1. The molecule has 1 heterocycles. The van der Waals surface area contributed by atoms with Crippen molar-refractivity contribution in [1.82, 2.24) is 14.5 Å². The van der Waals surface area contributed by atoms with Gasteiger partial charge in [-0.15, -0.1) is 0 Å². The molecule has 5 heteroatoms. The van der Waals surface area contributed by atoms with E-state index in [0.29, 0.717) is 11.5 Å². The van der Waals surface area contributed by atoms with E-state index in [0.717, 1.165) is 67.2 Å². The maximum Gasteiger partial charge on any atom is 0.140 e. The van der Waals surface area contributed by atoms with E-state index in [4.69, 9.17) is 4.98 Å². The predicted octanol–water partition coefficient (Wildman–Crippen LogP) is 7.80. The van der Waals surface area contributed by atoms with Crippen molar-refractivity contribution < 1.29 is 10.2 Å². The molecule has 0 unspecified atom stereocenters. The fourth-order valence-electron chi connectivity index (χ4n) is 6.09. The molecule has 1 aliphatic rings. The third kappa shape index (κ3) is 6.83. The zero-order chi connectivity index (χ0) is 27.7. The standard InChI is InChI=1S/C35H43N3O2/c1-2-3-21-38-32(34(29-15-9-5-10-16-29)36-35(38)30-17-11-6-12-18-30)25-37(23-27-13-7-4-8-14-27)24-28-19-20-33(40)31(22-28)26-39/h5-6,9-12,15-20,22,27,39-40H,2-4,7-8,13-14,21,23-26H2,1H3. The lowest BCUT2D eigenvalue weighted by Crippen LogP contribution is -2.31. The van der Waals surface area contributed by atoms with Crippen molar-refractivity contribution in [3.8, 4) is 28.4 Å².